The number of ether oxygens (including phenoxy) is 1. The largest absolute Gasteiger partial charge is 0.492 e. The van der Waals surface area contributed by atoms with Crippen LogP contribution in [-0.4, -0.2) is 73.9 Å². The van der Waals surface area contributed by atoms with E-state index in [-0.39, 0.29) is 30.1 Å². The molecule has 7 heteroatoms. The predicted octanol–water partition coefficient (Wildman–Crippen LogP) is 1.78. The summed E-state index contributed by atoms with van der Waals surface area (Å²) in [6.45, 7) is 6.46. The van der Waals surface area contributed by atoms with E-state index in [9.17, 15) is 5.11 Å². The van der Waals surface area contributed by atoms with Crippen molar-refractivity contribution >= 4 is 29.9 Å². The van der Waals surface area contributed by atoms with Gasteiger partial charge in [-0.1, -0.05) is 18.2 Å². The first-order valence-corrected chi connectivity index (χ1v) is 8.67. The molecule has 1 aliphatic heterocycles. The third kappa shape index (κ3) is 7.37. The first-order valence-electron chi connectivity index (χ1n) is 8.67. The molecule has 1 heterocycles. The van der Waals surface area contributed by atoms with E-state index in [1.165, 1.54) is 0 Å². The number of likely N-dealkylation sites (N-methyl/N-ethyl adjacent to an activating group) is 1. The molecule has 2 rings (SSSR count). The number of aliphatic hydroxyl groups is 1. The number of benzene rings is 1. The highest BCUT2D eigenvalue weighted by Crippen LogP contribution is 2.19. The van der Waals surface area contributed by atoms with Crippen LogP contribution in [0.2, 0.25) is 0 Å². The maximum Gasteiger partial charge on any atom is 0.194 e. The van der Waals surface area contributed by atoms with Gasteiger partial charge in [0.25, 0.3) is 0 Å². The molecule has 0 bridgehead atoms. The number of rotatable bonds is 7. The van der Waals surface area contributed by atoms with Gasteiger partial charge in [0.1, 0.15) is 12.4 Å². The predicted molar refractivity (Wildman–Crippen MR) is 113 cm³/mol. The van der Waals surface area contributed by atoms with Crippen LogP contribution in [0.25, 0.3) is 0 Å². The van der Waals surface area contributed by atoms with E-state index in [0.717, 1.165) is 43.3 Å². The van der Waals surface area contributed by atoms with Gasteiger partial charge in [0, 0.05) is 31.7 Å². The lowest BCUT2D eigenvalue weighted by molar-refractivity contribution is 0.188. The molecule has 25 heavy (non-hydrogen) atoms. The fraction of sp³-hybridized carbons (Fsp3) is 0.611. The van der Waals surface area contributed by atoms with Gasteiger partial charge in [-0.3, -0.25) is 0 Å². The Morgan fingerprint density at radius 2 is 2.16 bits per heavy atom. The maximum atomic E-state index is 9.74. The van der Waals surface area contributed by atoms with Crippen molar-refractivity contribution in [1.29, 1.82) is 0 Å². The molecule has 0 aromatic heterocycles. The lowest BCUT2D eigenvalue weighted by Crippen LogP contribution is -2.40. The van der Waals surface area contributed by atoms with Gasteiger partial charge in [-0.2, -0.15) is 0 Å². The van der Waals surface area contributed by atoms with Gasteiger partial charge in [0.05, 0.1) is 12.6 Å². The summed E-state index contributed by atoms with van der Waals surface area (Å²) in [6.07, 6.45) is 0.546. The highest BCUT2D eigenvalue weighted by molar-refractivity contribution is 14.0. The first-order chi connectivity index (χ1) is 11.6. The molecule has 0 spiro atoms. The molecule has 1 aromatic rings. The maximum absolute atomic E-state index is 9.74. The first kappa shape index (κ1) is 22.0. The third-order valence-corrected chi connectivity index (χ3v) is 3.97. The lowest BCUT2D eigenvalue weighted by atomic mass is 10.2. The Labute approximate surface area is 168 Å². The summed E-state index contributed by atoms with van der Waals surface area (Å²) in [5, 5.41) is 13.0. The smallest absolute Gasteiger partial charge is 0.194 e. The molecule has 2 N–H and O–H groups in total. The third-order valence-electron chi connectivity index (χ3n) is 3.97. The van der Waals surface area contributed by atoms with Crippen LogP contribution >= 0.6 is 24.0 Å². The van der Waals surface area contributed by atoms with Gasteiger partial charge in [-0.25, -0.2) is 4.99 Å². The minimum atomic E-state index is -0.254. The van der Waals surface area contributed by atoms with Gasteiger partial charge in [0.15, 0.2) is 5.96 Å². The van der Waals surface area contributed by atoms with Crippen LogP contribution < -0.4 is 10.1 Å². The number of para-hydroxylation sites is 1. The normalized spacial score (nSPS) is 17.6. The van der Waals surface area contributed by atoms with Crippen molar-refractivity contribution in [2.75, 3.05) is 46.9 Å². The molecule has 0 unspecified atom stereocenters. The fourth-order valence-electron chi connectivity index (χ4n) is 2.63. The zero-order chi connectivity index (χ0) is 17.4. The van der Waals surface area contributed by atoms with E-state index in [4.69, 9.17) is 9.73 Å². The Morgan fingerprint density at radius 1 is 1.40 bits per heavy atom. The average Bonchev–Trinajstić information content (AvgIpc) is 2.98. The number of halogens is 1. The van der Waals surface area contributed by atoms with E-state index in [1.54, 1.807) is 0 Å². The minimum absolute atomic E-state index is 0. The Hall–Kier alpha value is -1.06. The number of likely N-dealkylation sites (tertiary alicyclic amines) is 1. The van der Waals surface area contributed by atoms with Crippen molar-refractivity contribution in [2.24, 2.45) is 4.99 Å². The zero-order valence-electron chi connectivity index (χ0n) is 15.4. The molecule has 0 radical (unpaired) electrons. The van der Waals surface area contributed by atoms with E-state index in [2.05, 4.69) is 28.1 Å². The molecule has 142 valence electrons. The van der Waals surface area contributed by atoms with Crippen LogP contribution in [0.4, 0.5) is 0 Å². The number of hydrogen-bond donors (Lipinski definition) is 2. The molecule has 1 aromatic carbocycles. The van der Waals surface area contributed by atoms with Gasteiger partial charge in [0.2, 0.25) is 0 Å². The highest BCUT2D eigenvalue weighted by atomic mass is 127. The van der Waals surface area contributed by atoms with Crippen LogP contribution in [-0.2, 0) is 6.54 Å². The molecular weight excluding hydrogens is 431 g/mol. The van der Waals surface area contributed by atoms with E-state index >= 15 is 0 Å². The Balaban J connectivity index is 0.00000312. The molecular formula is C18H31IN4O2. The number of guanidine groups is 1. The van der Waals surface area contributed by atoms with Crippen LogP contribution in [0.3, 0.4) is 0 Å². The second-order valence-electron chi connectivity index (χ2n) is 6.32. The second-order valence-corrected chi connectivity index (χ2v) is 6.32. The van der Waals surface area contributed by atoms with Crippen LogP contribution in [0.5, 0.6) is 5.75 Å². The summed E-state index contributed by atoms with van der Waals surface area (Å²) in [4.78, 5) is 8.95. The number of nitrogens with zero attached hydrogens (tertiary/aromatic N) is 3. The number of nitrogens with one attached hydrogen (secondary N) is 1. The van der Waals surface area contributed by atoms with Gasteiger partial charge in [-0.05, 0) is 33.5 Å². The molecule has 1 atom stereocenters. The van der Waals surface area contributed by atoms with E-state index in [1.807, 2.05) is 32.3 Å². The summed E-state index contributed by atoms with van der Waals surface area (Å²) in [7, 11) is 4.07. The van der Waals surface area contributed by atoms with E-state index in [0.29, 0.717) is 19.7 Å². The number of hydrogen-bond acceptors (Lipinski definition) is 4. The highest BCUT2D eigenvalue weighted by Gasteiger charge is 2.22. The Morgan fingerprint density at radius 3 is 2.80 bits per heavy atom. The molecule has 1 fully saturated rings. The molecule has 0 aliphatic carbocycles. The summed E-state index contributed by atoms with van der Waals surface area (Å²) in [5.74, 6) is 1.75. The SMILES string of the molecule is CCNC(=NCc1ccccc1OCCN(C)C)N1CC[C@@H](O)C1.I. The van der Waals surface area contributed by atoms with Gasteiger partial charge < -0.3 is 25.0 Å². The number of β-amino-alcohol motifs (C(OH)–C–C–N with tert-alkyl or cyclic N) is 1. The number of aliphatic hydroxyl groups excluding tert-OH is 1. The lowest BCUT2D eigenvalue weighted by Gasteiger charge is -2.21. The molecule has 0 amide bonds. The fourth-order valence-corrected chi connectivity index (χ4v) is 2.63. The van der Waals surface area contributed by atoms with Crippen molar-refractivity contribution in [2.45, 2.75) is 26.0 Å². The molecule has 1 aliphatic rings. The Kier molecular flexibility index (Phi) is 10.1. The molecule has 1 saturated heterocycles. The summed E-state index contributed by atoms with van der Waals surface area (Å²) in [6, 6.07) is 8.04. The second kappa shape index (κ2) is 11.5. The molecule has 6 nitrogen and oxygen atoms in total. The summed E-state index contributed by atoms with van der Waals surface area (Å²) < 4.78 is 5.90. The van der Waals surface area contributed by atoms with E-state index < -0.39 is 0 Å². The van der Waals surface area contributed by atoms with Crippen LogP contribution in [0, 0.1) is 0 Å². The Bertz CT molecular complexity index is 540. The van der Waals surface area contributed by atoms with Crippen LogP contribution in [0.1, 0.15) is 18.9 Å². The average molecular weight is 462 g/mol. The zero-order valence-corrected chi connectivity index (χ0v) is 17.8. The molecule has 0 saturated carbocycles. The topological polar surface area (TPSA) is 60.3 Å². The minimum Gasteiger partial charge on any atom is -0.492 e. The standard InChI is InChI=1S/C18H30N4O2.HI/c1-4-19-18(22-10-9-16(23)14-22)20-13-15-7-5-6-8-17(15)24-12-11-21(2)3;/h5-8,16,23H,4,9-14H2,1-3H3,(H,19,20);1H/t16-;/m1./s1. The summed E-state index contributed by atoms with van der Waals surface area (Å²) in [5.41, 5.74) is 1.08. The summed E-state index contributed by atoms with van der Waals surface area (Å²) >= 11 is 0. The van der Waals surface area contributed by atoms with Crippen molar-refractivity contribution in [3.05, 3.63) is 29.8 Å². The number of aliphatic imine (C=N–C) groups is 1. The van der Waals surface area contributed by atoms with Crippen molar-refractivity contribution in [3.63, 3.8) is 0 Å². The van der Waals surface area contributed by atoms with Gasteiger partial charge >= 0.3 is 0 Å². The quantitative estimate of drug-likeness (QED) is 0.368. The monoisotopic (exact) mass is 462 g/mol. The van der Waals surface area contributed by atoms with Gasteiger partial charge in [-0.15, -0.1) is 24.0 Å². The van der Waals surface area contributed by atoms with Crippen molar-refractivity contribution < 1.29 is 9.84 Å². The van der Waals surface area contributed by atoms with Crippen molar-refractivity contribution in [3.8, 4) is 5.75 Å². The van der Waals surface area contributed by atoms with Crippen molar-refractivity contribution in [1.82, 2.24) is 15.1 Å². The van der Waals surface area contributed by atoms with Crippen LogP contribution in [0.15, 0.2) is 29.3 Å².